The lowest BCUT2D eigenvalue weighted by Gasteiger charge is -2.31. The summed E-state index contributed by atoms with van der Waals surface area (Å²) in [4.78, 5) is 12.5. The predicted molar refractivity (Wildman–Crippen MR) is 108 cm³/mol. The molecular weight excluding hydrogens is 426 g/mol. The first-order valence-electron chi connectivity index (χ1n) is 8.73. The van der Waals surface area contributed by atoms with Gasteiger partial charge in [-0.1, -0.05) is 35.3 Å². The molecule has 28 heavy (non-hydrogen) atoms. The number of amides is 1. The summed E-state index contributed by atoms with van der Waals surface area (Å²) in [5, 5.41) is 3.13. The van der Waals surface area contributed by atoms with Gasteiger partial charge in [0.25, 0.3) is 0 Å². The van der Waals surface area contributed by atoms with Gasteiger partial charge in [-0.2, -0.15) is 0 Å². The van der Waals surface area contributed by atoms with Crippen molar-refractivity contribution < 1.29 is 17.6 Å². The molecule has 1 aliphatic heterocycles. The summed E-state index contributed by atoms with van der Waals surface area (Å²) in [5.74, 6) is -1.52. The Bertz CT molecular complexity index is 968. The van der Waals surface area contributed by atoms with E-state index in [0.717, 1.165) is 0 Å². The summed E-state index contributed by atoms with van der Waals surface area (Å²) in [7, 11) is -3.56. The minimum atomic E-state index is -3.56. The van der Waals surface area contributed by atoms with E-state index < -0.39 is 21.8 Å². The molecule has 5 nitrogen and oxygen atoms in total. The largest absolute Gasteiger partial charge is 0.326 e. The normalized spacial score (nSPS) is 18.0. The maximum Gasteiger partial charge on any atom is 0.228 e. The number of nitrogens with zero attached hydrogens (tertiary/aromatic N) is 1. The van der Waals surface area contributed by atoms with E-state index in [-0.39, 0.29) is 23.2 Å². The van der Waals surface area contributed by atoms with Crippen molar-refractivity contribution in [3.63, 3.8) is 0 Å². The number of hydrogen-bond acceptors (Lipinski definition) is 3. The van der Waals surface area contributed by atoms with E-state index in [1.807, 2.05) is 0 Å². The van der Waals surface area contributed by atoms with Crippen molar-refractivity contribution >= 4 is 44.8 Å². The zero-order chi connectivity index (χ0) is 20.3. The number of carbonyl (C=O) groups excluding carboxylic acids is 1. The average molecular weight is 445 g/mol. The first kappa shape index (κ1) is 21.0. The van der Waals surface area contributed by atoms with Crippen molar-refractivity contribution in [2.45, 2.75) is 18.6 Å². The van der Waals surface area contributed by atoms with Crippen LogP contribution in [0, 0.1) is 11.7 Å². The van der Waals surface area contributed by atoms with E-state index in [4.69, 9.17) is 23.2 Å². The maximum atomic E-state index is 13.2. The van der Waals surface area contributed by atoms with Crippen LogP contribution < -0.4 is 5.32 Å². The van der Waals surface area contributed by atoms with Gasteiger partial charge >= 0.3 is 0 Å². The monoisotopic (exact) mass is 444 g/mol. The molecular formula is C19H19Cl2FN2O3S. The molecule has 0 aliphatic carbocycles. The van der Waals surface area contributed by atoms with E-state index in [2.05, 4.69) is 5.32 Å². The molecule has 1 aliphatic rings. The second-order valence-corrected chi connectivity index (χ2v) is 9.51. The zero-order valence-corrected chi connectivity index (χ0v) is 17.2. The van der Waals surface area contributed by atoms with Crippen LogP contribution in [0.5, 0.6) is 0 Å². The Morgan fingerprint density at radius 1 is 1.18 bits per heavy atom. The molecule has 1 atom stereocenters. The van der Waals surface area contributed by atoms with Gasteiger partial charge in [0, 0.05) is 23.8 Å². The topological polar surface area (TPSA) is 66.5 Å². The van der Waals surface area contributed by atoms with Crippen LogP contribution in [0.1, 0.15) is 18.4 Å². The van der Waals surface area contributed by atoms with Crippen LogP contribution in [-0.2, 0) is 20.6 Å². The predicted octanol–water partition coefficient (Wildman–Crippen LogP) is 4.31. The van der Waals surface area contributed by atoms with Crippen LogP contribution in [0.2, 0.25) is 10.0 Å². The van der Waals surface area contributed by atoms with Gasteiger partial charge in [0.05, 0.1) is 16.7 Å². The van der Waals surface area contributed by atoms with Crippen LogP contribution in [0.15, 0.2) is 42.5 Å². The molecule has 0 spiro atoms. The Labute approximate surface area is 173 Å². The fourth-order valence-corrected chi connectivity index (χ4v) is 5.03. The average Bonchev–Trinajstić information content (AvgIpc) is 2.66. The molecule has 0 aromatic heterocycles. The Morgan fingerprint density at radius 3 is 2.57 bits per heavy atom. The summed E-state index contributed by atoms with van der Waals surface area (Å²) in [6.07, 6.45) is 1.16. The molecule has 3 rings (SSSR count). The van der Waals surface area contributed by atoms with Crippen LogP contribution in [0.4, 0.5) is 10.1 Å². The molecule has 0 bridgehead atoms. The standard InChI is InChI=1S/C19H19Cl2FN2O3S/c20-15-5-3-13(4-6-15)12-28(26,27)24-9-1-2-14(11-24)19(25)23-16-7-8-18(22)17(21)10-16/h3-8,10,14H,1-2,9,11-12H2,(H,23,25)/t14-/m0/s1. The van der Waals surface area contributed by atoms with Crippen molar-refractivity contribution in [3.8, 4) is 0 Å². The number of halogens is 3. The van der Waals surface area contributed by atoms with Crippen molar-refractivity contribution in [1.82, 2.24) is 4.31 Å². The van der Waals surface area contributed by atoms with E-state index in [1.165, 1.54) is 22.5 Å². The van der Waals surface area contributed by atoms with Crippen LogP contribution in [0.25, 0.3) is 0 Å². The molecule has 1 heterocycles. The lowest BCUT2D eigenvalue weighted by molar-refractivity contribution is -0.120. The van der Waals surface area contributed by atoms with Gasteiger partial charge in [-0.25, -0.2) is 17.1 Å². The molecule has 2 aromatic carbocycles. The minimum absolute atomic E-state index is 0.0892. The first-order valence-corrected chi connectivity index (χ1v) is 11.1. The summed E-state index contributed by atoms with van der Waals surface area (Å²) < 4.78 is 40.1. The number of anilines is 1. The second kappa shape index (κ2) is 8.78. The Morgan fingerprint density at radius 2 is 1.89 bits per heavy atom. The summed E-state index contributed by atoms with van der Waals surface area (Å²) in [6.45, 7) is 0.485. The molecule has 2 aromatic rings. The number of hydrogen-bond donors (Lipinski definition) is 1. The quantitative estimate of drug-likeness (QED) is 0.746. The Hall–Kier alpha value is -1.67. The fraction of sp³-hybridized carbons (Fsp3) is 0.316. The molecule has 9 heteroatoms. The third kappa shape index (κ3) is 5.23. The van der Waals surface area contributed by atoms with E-state index in [1.54, 1.807) is 24.3 Å². The maximum absolute atomic E-state index is 13.2. The van der Waals surface area contributed by atoms with E-state index in [9.17, 15) is 17.6 Å². The third-order valence-corrected chi connectivity index (χ3v) is 6.96. The molecule has 1 amide bonds. The number of carbonyl (C=O) groups is 1. The highest BCUT2D eigenvalue weighted by Crippen LogP contribution is 2.25. The van der Waals surface area contributed by atoms with Gasteiger partial charge in [0.1, 0.15) is 5.82 Å². The molecule has 1 fully saturated rings. The lowest BCUT2D eigenvalue weighted by Crippen LogP contribution is -2.44. The van der Waals surface area contributed by atoms with Gasteiger partial charge in [-0.15, -0.1) is 0 Å². The fourth-order valence-electron chi connectivity index (χ4n) is 3.11. The molecule has 0 radical (unpaired) electrons. The van der Waals surface area contributed by atoms with E-state index in [0.29, 0.717) is 35.7 Å². The van der Waals surface area contributed by atoms with Crippen LogP contribution in [-0.4, -0.2) is 31.7 Å². The highest BCUT2D eigenvalue weighted by Gasteiger charge is 2.32. The van der Waals surface area contributed by atoms with Gasteiger partial charge in [-0.3, -0.25) is 4.79 Å². The second-order valence-electron chi connectivity index (χ2n) is 6.70. The highest BCUT2D eigenvalue weighted by molar-refractivity contribution is 7.88. The summed E-state index contributed by atoms with van der Waals surface area (Å²) >= 11 is 11.6. The number of sulfonamides is 1. The van der Waals surface area contributed by atoms with Gasteiger partial charge in [0.2, 0.25) is 15.9 Å². The van der Waals surface area contributed by atoms with Crippen LogP contribution >= 0.6 is 23.2 Å². The van der Waals surface area contributed by atoms with Gasteiger partial charge in [-0.05, 0) is 48.7 Å². The van der Waals surface area contributed by atoms with Crippen molar-refractivity contribution in [1.29, 1.82) is 0 Å². The number of benzene rings is 2. The first-order chi connectivity index (χ1) is 13.2. The van der Waals surface area contributed by atoms with Crippen molar-refractivity contribution in [3.05, 3.63) is 63.9 Å². The van der Waals surface area contributed by atoms with E-state index >= 15 is 0 Å². The summed E-state index contributed by atoms with van der Waals surface area (Å²) in [5.41, 5.74) is 1.01. The summed E-state index contributed by atoms with van der Waals surface area (Å²) in [6, 6.07) is 10.5. The van der Waals surface area contributed by atoms with Crippen molar-refractivity contribution in [2.75, 3.05) is 18.4 Å². The van der Waals surface area contributed by atoms with Gasteiger partial charge < -0.3 is 5.32 Å². The Kier molecular flexibility index (Phi) is 6.60. The minimum Gasteiger partial charge on any atom is -0.326 e. The molecule has 150 valence electrons. The number of nitrogens with one attached hydrogen (secondary N) is 1. The Balaban J connectivity index is 1.66. The van der Waals surface area contributed by atoms with Crippen LogP contribution in [0.3, 0.4) is 0 Å². The molecule has 0 unspecified atom stereocenters. The smallest absolute Gasteiger partial charge is 0.228 e. The van der Waals surface area contributed by atoms with Gasteiger partial charge in [0.15, 0.2) is 0 Å². The zero-order valence-electron chi connectivity index (χ0n) is 14.9. The molecule has 1 N–H and O–H groups in total. The van der Waals surface area contributed by atoms with Crippen molar-refractivity contribution in [2.24, 2.45) is 5.92 Å². The lowest BCUT2D eigenvalue weighted by atomic mass is 9.99. The third-order valence-electron chi connectivity index (χ3n) is 4.60. The number of rotatable bonds is 5. The SMILES string of the molecule is O=C(Nc1ccc(F)c(Cl)c1)[C@H]1CCCN(S(=O)(=O)Cc2ccc(Cl)cc2)C1. The molecule has 0 saturated carbocycles. The molecule has 1 saturated heterocycles. The highest BCUT2D eigenvalue weighted by atomic mass is 35.5. The number of piperidine rings is 1.